The molecule has 0 unspecified atom stereocenters. The lowest BCUT2D eigenvalue weighted by molar-refractivity contribution is 0.397. The summed E-state index contributed by atoms with van der Waals surface area (Å²) >= 11 is 0. The van der Waals surface area contributed by atoms with E-state index < -0.39 is 0 Å². The summed E-state index contributed by atoms with van der Waals surface area (Å²) in [7, 11) is 3.26. The van der Waals surface area contributed by atoms with Crippen LogP contribution in [0.4, 0.5) is 0 Å². The molecule has 3 aromatic rings. The fourth-order valence-electron chi connectivity index (χ4n) is 2.37. The van der Waals surface area contributed by atoms with Gasteiger partial charge in [-0.2, -0.15) is 0 Å². The van der Waals surface area contributed by atoms with Crippen molar-refractivity contribution in [2.75, 3.05) is 14.2 Å². The van der Waals surface area contributed by atoms with Gasteiger partial charge in [-0.3, -0.25) is 0 Å². The molecule has 4 nitrogen and oxygen atoms in total. The molecule has 19 heavy (non-hydrogen) atoms. The molecule has 4 heteroatoms. The number of aromatic amines is 1. The number of rotatable bonds is 2. The summed E-state index contributed by atoms with van der Waals surface area (Å²) in [4.78, 5) is 3.28. The average molecular weight is 257 g/mol. The summed E-state index contributed by atoms with van der Waals surface area (Å²) in [6.45, 7) is 1.88. The number of phenols is 1. The summed E-state index contributed by atoms with van der Waals surface area (Å²) in [5.41, 5.74) is 2.63. The Kier molecular flexibility index (Phi) is 2.52. The molecule has 0 aliphatic heterocycles. The zero-order valence-electron chi connectivity index (χ0n) is 11.1. The predicted molar refractivity (Wildman–Crippen MR) is 75.3 cm³/mol. The van der Waals surface area contributed by atoms with Gasteiger partial charge in [0.05, 0.1) is 25.3 Å². The monoisotopic (exact) mass is 257 g/mol. The zero-order chi connectivity index (χ0) is 13.6. The number of fused-ring (bicyclic) bond motifs is 3. The number of nitrogens with one attached hydrogen (secondary N) is 1. The van der Waals surface area contributed by atoms with Crippen molar-refractivity contribution < 1.29 is 14.6 Å². The van der Waals surface area contributed by atoms with Crippen molar-refractivity contribution in [3.63, 3.8) is 0 Å². The van der Waals surface area contributed by atoms with E-state index in [4.69, 9.17) is 9.47 Å². The highest BCUT2D eigenvalue weighted by Gasteiger charge is 2.12. The maximum absolute atomic E-state index is 9.79. The Morgan fingerprint density at radius 1 is 1.00 bits per heavy atom. The summed E-state index contributed by atoms with van der Waals surface area (Å²) in [5, 5.41) is 11.9. The summed E-state index contributed by atoms with van der Waals surface area (Å²) < 4.78 is 10.7. The van der Waals surface area contributed by atoms with Gasteiger partial charge in [-0.25, -0.2) is 0 Å². The molecule has 0 spiro atoms. The van der Waals surface area contributed by atoms with Gasteiger partial charge in [-0.1, -0.05) is 0 Å². The van der Waals surface area contributed by atoms with Crippen molar-refractivity contribution in [3.8, 4) is 17.2 Å². The van der Waals surface area contributed by atoms with Gasteiger partial charge in [0.25, 0.3) is 0 Å². The van der Waals surface area contributed by atoms with Crippen LogP contribution in [0.2, 0.25) is 0 Å². The minimum absolute atomic E-state index is 0.282. The van der Waals surface area contributed by atoms with Crippen LogP contribution in [-0.4, -0.2) is 24.3 Å². The van der Waals surface area contributed by atoms with E-state index in [0.717, 1.165) is 38.9 Å². The van der Waals surface area contributed by atoms with Gasteiger partial charge < -0.3 is 19.6 Å². The van der Waals surface area contributed by atoms with Crippen LogP contribution in [0.3, 0.4) is 0 Å². The molecule has 3 rings (SSSR count). The van der Waals surface area contributed by atoms with Crippen LogP contribution in [0, 0.1) is 6.92 Å². The van der Waals surface area contributed by atoms with Crippen molar-refractivity contribution in [1.29, 1.82) is 0 Å². The van der Waals surface area contributed by atoms with Crippen molar-refractivity contribution in [2.45, 2.75) is 6.92 Å². The van der Waals surface area contributed by atoms with Crippen LogP contribution >= 0.6 is 0 Å². The van der Waals surface area contributed by atoms with Gasteiger partial charge >= 0.3 is 0 Å². The van der Waals surface area contributed by atoms with E-state index in [1.165, 1.54) is 0 Å². The maximum atomic E-state index is 9.79. The minimum Gasteiger partial charge on any atom is -0.508 e. The Hall–Kier alpha value is -2.36. The molecule has 0 aliphatic carbocycles. The lowest BCUT2D eigenvalue weighted by Gasteiger charge is -2.05. The van der Waals surface area contributed by atoms with E-state index in [-0.39, 0.29) is 5.75 Å². The second kappa shape index (κ2) is 4.09. The number of hydrogen-bond acceptors (Lipinski definition) is 3. The molecule has 98 valence electrons. The Balaban J connectivity index is 2.46. The van der Waals surface area contributed by atoms with Gasteiger partial charge in [-0.15, -0.1) is 0 Å². The average Bonchev–Trinajstić information content (AvgIpc) is 2.76. The highest BCUT2D eigenvalue weighted by atomic mass is 16.5. The topological polar surface area (TPSA) is 54.5 Å². The third-order valence-corrected chi connectivity index (χ3v) is 3.42. The first kappa shape index (κ1) is 11.7. The lowest BCUT2D eigenvalue weighted by Crippen LogP contribution is -1.87. The first-order valence-electron chi connectivity index (χ1n) is 6.01. The smallest absolute Gasteiger partial charge is 0.146 e. The molecule has 0 fully saturated rings. The van der Waals surface area contributed by atoms with E-state index in [2.05, 4.69) is 4.98 Å². The molecule has 0 saturated carbocycles. The number of phenolic OH excluding ortho intramolecular Hbond substituents is 1. The summed E-state index contributed by atoms with van der Waals surface area (Å²) in [6.07, 6.45) is 0. The largest absolute Gasteiger partial charge is 0.508 e. The third-order valence-electron chi connectivity index (χ3n) is 3.42. The van der Waals surface area contributed by atoms with Crippen molar-refractivity contribution >= 4 is 21.8 Å². The molecular formula is C15H15NO3. The standard InChI is InChI=1S/C15H15NO3/c1-8-4-10-11-5-9(18-2)6-14(19-3)15(11)16-12(10)7-13(8)17/h4-7,16-17H,1-3H3. The van der Waals surface area contributed by atoms with Crippen LogP contribution in [0.5, 0.6) is 17.2 Å². The molecule has 1 heterocycles. The second-order valence-corrected chi connectivity index (χ2v) is 4.56. The van der Waals surface area contributed by atoms with E-state index in [0.29, 0.717) is 0 Å². The van der Waals surface area contributed by atoms with Crippen LogP contribution in [0.15, 0.2) is 24.3 Å². The van der Waals surface area contributed by atoms with Gasteiger partial charge in [0.15, 0.2) is 0 Å². The van der Waals surface area contributed by atoms with E-state index in [1.54, 1.807) is 20.3 Å². The molecule has 0 radical (unpaired) electrons. The molecule has 0 saturated heterocycles. The summed E-state index contributed by atoms with van der Waals surface area (Å²) in [5.74, 6) is 1.75. The molecule has 2 N–H and O–H groups in total. The highest BCUT2D eigenvalue weighted by molar-refractivity contribution is 6.10. The molecule has 0 amide bonds. The normalized spacial score (nSPS) is 11.1. The Bertz CT molecular complexity index is 774. The van der Waals surface area contributed by atoms with Crippen LogP contribution < -0.4 is 9.47 Å². The maximum Gasteiger partial charge on any atom is 0.146 e. The van der Waals surface area contributed by atoms with Gasteiger partial charge in [0.1, 0.15) is 17.2 Å². The first-order chi connectivity index (χ1) is 9.13. The first-order valence-corrected chi connectivity index (χ1v) is 6.01. The molecule has 0 aliphatic rings. The second-order valence-electron chi connectivity index (χ2n) is 4.56. The zero-order valence-corrected chi connectivity index (χ0v) is 11.1. The number of H-pyrrole nitrogens is 1. The Labute approximate surface area is 110 Å². The number of benzene rings is 2. The number of aromatic nitrogens is 1. The molecule has 0 atom stereocenters. The minimum atomic E-state index is 0.282. The summed E-state index contributed by atoms with van der Waals surface area (Å²) in [6, 6.07) is 7.50. The number of hydrogen-bond donors (Lipinski definition) is 2. The molecular weight excluding hydrogens is 242 g/mol. The van der Waals surface area contributed by atoms with E-state index >= 15 is 0 Å². The van der Waals surface area contributed by atoms with Crippen molar-refractivity contribution in [1.82, 2.24) is 4.98 Å². The van der Waals surface area contributed by atoms with E-state index in [9.17, 15) is 5.11 Å². The lowest BCUT2D eigenvalue weighted by atomic mass is 10.1. The number of aromatic hydroxyl groups is 1. The van der Waals surface area contributed by atoms with Gasteiger partial charge in [0, 0.05) is 22.9 Å². The fourth-order valence-corrected chi connectivity index (χ4v) is 2.37. The SMILES string of the molecule is COc1cc(OC)c2[nH]c3cc(O)c(C)cc3c2c1. The van der Waals surface area contributed by atoms with Gasteiger partial charge in [-0.05, 0) is 24.6 Å². The molecule has 1 aromatic heterocycles. The highest BCUT2D eigenvalue weighted by Crippen LogP contribution is 2.37. The predicted octanol–water partition coefficient (Wildman–Crippen LogP) is 3.35. The third kappa shape index (κ3) is 1.68. The Morgan fingerprint density at radius 3 is 2.47 bits per heavy atom. The number of ether oxygens (including phenoxy) is 2. The van der Waals surface area contributed by atoms with Crippen LogP contribution in [-0.2, 0) is 0 Å². The molecule has 2 aromatic carbocycles. The van der Waals surface area contributed by atoms with Crippen LogP contribution in [0.25, 0.3) is 21.8 Å². The quantitative estimate of drug-likeness (QED) is 0.740. The van der Waals surface area contributed by atoms with Crippen LogP contribution in [0.1, 0.15) is 5.56 Å². The number of aryl methyl sites for hydroxylation is 1. The van der Waals surface area contributed by atoms with Crippen molar-refractivity contribution in [3.05, 3.63) is 29.8 Å². The van der Waals surface area contributed by atoms with E-state index in [1.807, 2.05) is 25.1 Å². The number of methoxy groups -OCH3 is 2. The molecule has 0 bridgehead atoms. The Morgan fingerprint density at radius 2 is 1.79 bits per heavy atom. The van der Waals surface area contributed by atoms with Gasteiger partial charge in [0.2, 0.25) is 0 Å². The fraction of sp³-hybridized carbons (Fsp3) is 0.200. The van der Waals surface area contributed by atoms with Crippen molar-refractivity contribution in [2.24, 2.45) is 0 Å².